The van der Waals surface area contributed by atoms with Gasteiger partial charge in [0.1, 0.15) is 17.2 Å². The molecule has 1 aromatic heterocycles. The van der Waals surface area contributed by atoms with Gasteiger partial charge in [0.25, 0.3) is 5.91 Å². The Balaban J connectivity index is 1.86. The van der Waals surface area contributed by atoms with Crippen LogP contribution in [0.3, 0.4) is 0 Å². The number of nitrogens with one attached hydrogen (secondary N) is 3. The molecule has 9 heteroatoms. The molecule has 0 bridgehead atoms. The van der Waals surface area contributed by atoms with Crippen molar-refractivity contribution < 1.29 is 22.7 Å². The highest BCUT2D eigenvalue weighted by molar-refractivity contribution is 7.92. The fourth-order valence-corrected chi connectivity index (χ4v) is 3.18. The first-order valence-electron chi connectivity index (χ1n) is 7.93. The van der Waals surface area contributed by atoms with Crippen molar-refractivity contribution in [3.05, 3.63) is 48.2 Å². The van der Waals surface area contributed by atoms with E-state index < -0.39 is 10.0 Å². The van der Waals surface area contributed by atoms with Gasteiger partial charge in [0.05, 0.1) is 26.2 Å². The van der Waals surface area contributed by atoms with E-state index in [4.69, 9.17) is 9.47 Å². The van der Waals surface area contributed by atoms with Crippen molar-refractivity contribution >= 4 is 38.2 Å². The lowest BCUT2D eigenvalue weighted by molar-refractivity contribution is 0.102. The van der Waals surface area contributed by atoms with Gasteiger partial charge in [0.15, 0.2) is 0 Å². The Morgan fingerprint density at radius 3 is 2.48 bits per heavy atom. The summed E-state index contributed by atoms with van der Waals surface area (Å²) in [4.78, 5) is 15.6. The number of carbonyl (C=O) groups excluding carboxylic acids is 1. The molecule has 3 aromatic rings. The zero-order valence-electron chi connectivity index (χ0n) is 15.0. The second kappa shape index (κ2) is 7.20. The van der Waals surface area contributed by atoms with Crippen molar-refractivity contribution in [2.75, 3.05) is 30.5 Å². The zero-order chi connectivity index (χ0) is 19.6. The van der Waals surface area contributed by atoms with Gasteiger partial charge in [-0.05, 0) is 36.4 Å². The average molecular weight is 389 g/mol. The first-order chi connectivity index (χ1) is 12.8. The first kappa shape index (κ1) is 18.6. The predicted octanol–water partition coefficient (Wildman–Crippen LogP) is 2.81. The lowest BCUT2D eigenvalue weighted by Crippen LogP contribution is -2.14. The minimum Gasteiger partial charge on any atom is -0.497 e. The van der Waals surface area contributed by atoms with Gasteiger partial charge in [-0.3, -0.25) is 9.52 Å². The second-order valence-corrected chi connectivity index (χ2v) is 7.63. The number of amides is 1. The molecule has 0 fully saturated rings. The molecule has 0 aliphatic rings. The number of rotatable bonds is 6. The number of sulfonamides is 1. The highest BCUT2D eigenvalue weighted by atomic mass is 32.2. The summed E-state index contributed by atoms with van der Waals surface area (Å²) < 4.78 is 35.7. The van der Waals surface area contributed by atoms with Crippen molar-refractivity contribution in [1.29, 1.82) is 0 Å². The summed E-state index contributed by atoms with van der Waals surface area (Å²) in [6, 6.07) is 11.9. The third-order valence-electron chi connectivity index (χ3n) is 3.83. The van der Waals surface area contributed by atoms with Crippen LogP contribution in [-0.2, 0) is 10.0 Å². The summed E-state index contributed by atoms with van der Waals surface area (Å²) in [6.07, 6.45) is 1.04. The van der Waals surface area contributed by atoms with Gasteiger partial charge >= 0.3 is 0 Å². The molecule has 0 aliphatic heterocycles. The van der Waals surface area contributed by atoms with Gasteiger partial charge in [-0.25, -0.2) is 8.42 Å². The quantitative estimate of drug-likeness (QED) is 0.601. The van der Waals surface area contributed by atoms with E-state index in [-0.39, 0.29) is 11.6 Å². The number of methoxy groups -OCH3 is 2. The summed E-state index contributed by atoms with van der Waals surface area (Å²) in [5.41, 5.74) is 1.79. The molecule has 0 aliphatic carbocycles. The predicted molar refractivity (Wildman–Crippen MR) is 104 cm³/mol. The summed E-state index contributed by atoms with van der Waals surface area (Å²) in [7, 11) is -0.489. The van der Waals surface area contributed by atoms with E-state index in [1.54, 1.807) is 31.4 Å². The highest BCUT2D eigenvalue weighted by Gasteiger charge is 2.13. The molecule has 8 nitrogen and oxygen atoms in total. The molecule has 0 atom stereocenters. The Hall–Kier alpha value is -3.20. The van der Waals surface area contributed by atoms with E-state index in [1.807, 2.05) is 12.1 Å². The summed E-state index contributed by atoms with van der Waals surface area (Å²) in [6.45, 7) is 0. The van der Waals surface area contributed by atoms with Crippen LogP contribution in [0, 0.1) is 0 Å². The van der Waals surface area contributed by atoms with Crippen molar-refractivity contribution in [3.8, 4) is 11.5 Å². The van der Waals surface area contributed by atoms with Crippen LogP contribution in [0.5, 0.6) is 11.5 Å². The molecular weight excluding hydrogens is 370 g/mol. The van der Waals surface area contributed by atoms with E-state index in [0.717, 1.165) is 17.2 Å². The average Bonchev–Trinajstić information content (AvgIpc) is 3.04. The largest absolute Gasteiger partial charge is 0.497 e. The third kappa shape index (κ3) is 4.32. The van der Waals surface area contributed by atoms with Crippen LogP contribution in [-0.4, -0.2) is 39.8 Å². The van der Waals surface area contributed by atoms with Crippen LogP contribution >= 0.6 is 0 Å². The summed E-state index contributed by atoms with van der Waals surface area (Å²) >= 11 is 0. The number of fused-ring (bicyclic) bond motifs is 1. The van der Waals surface area contributed by atoms with Crippen molar-refractivity contribution in [2.24, 2.45) is 0 Å². The minimum absolute atomic E-state index is 0.235. The lowest BCUT2D eigenvalue weighted by Gasteiger charge is -2.12. The van der Waals surface area contributed by atoms with Gasteiger partial charge in [-0.2, -0.15) is 0 Å². The lowest BCUT2D eigenvalue weighted by atomic mass is 10.2. The van der Waals surface area contributed by atoms with Gasteiger partial charge in [0, 0.05) is 22.7 Å². The van der Waals surface area contributed by atoms with Gasteiger partial charge < -0.3 is 19.8 Å². The van der Waals surface area contributed by atoms with E-state index >= 15 is 0 Å². The molecule has 3 rings (SSSR count). The fourth-order valence-electron chi connectivity index (χ4n) is 2.62. The van der Waals surface area contributed by atoms with Crippen molar-refractivity contribution in [2.45, 2.75) is 0 Å². The standard InChI is InChI=1S/C18H19N3O5S/c1-25-13-6-4-11-8-16(20-14(11)10-13)18(22)19-12-5-7-17(26-2)15(9-12)21-27(3,23)24/h4-10,20-21H,1-3H3,(H,19,22). The molecular formula is C18H19N3O5S. The summed E-state index contributed by atoms with van der Waals surface area (Å²) in [5, 5.41) is 3.60. The molecule has 27 heavy (non-hydrogen) atoms. The first-order valence-corrected chi connectivity index (χ1v) is 9.82. The molecule has 0 saturated heterocycles. The number of hydrogen-bond acceptors (Lipinski definition) is 5. The van der Waals surface area contributed by atoms with Crippen molar-refractivity contribution in [3.63, 3.8) is 0 Å². The number of benzene rings is 2. The zero-order valence-corrected chi connectivity index (χ0v) is 15.8. The van der Waals surface area contributed by atoms with Crippen LogP contribution in [0.15, 0.2) is 42.5 Å². The smallest absolute Gasteiger partial charge is 0.272 e. The Morgan fingerprint density at radius 2 is 1.81 bits per heavy atom. The van der Waals surface area contributed by atoms with Gasteiger partial charge in [0.2, 0.25) is 10.0 Å². The number of anilines is 2. The van der Waals surface area contributed by atoms with Crippen LogP contribution < -0.4 is 19.5 Å². The van der Waals surface area contributed by atoms with Crippen LogP contribution in [0.4, 0.5) is 11.4 Å². The van der Waals surface area contributed by atoms with Crippen molar-refractivity contribution in [1.82, 2.24) is 4.98 Å². The number of ether oxygens (including phenoxy) is 2. The number of carbonyl (C=O) groups is 1. The van der Waals surface area contributed by atoms with Crippen LogP contribution in [0.25, 0.3) is 10.9 Å². The highest BCUT2D eigenvalue weighted by Crippen LogP contribution is 2.29. The number of aromatic nitrogens is 1. The van der Waals surface area contributed by atoms with Crippen LogP contribution in [0.1, 0.15) is 10.5 Å². The van der Waals surface area contributed by atoms with E-state index in [9.17, 15) is 13.2 Å². The maximum atomic E-state index is 12.5. The molecule has 0 spiro atoms. The number of H-pyrrole nitrogens is 1. The topological polar surface area (TPSA) is 110 Å². The molecule has 2 aromatic carbocycles. The molecule has 3 N–H and O–H groups in total. The molecule has 142 valence electrons. The number of hydrogen-bond donors (Lipinski definition) is 3. The Morgan fingerprint density at radius 1 is 1.04 bits per heavy atom. The van der Waals surface area contributed by atoms with E-state index in [2.05, 4.69) is 15.0 Å². The van der Waals surface area contributed by atoms with E-state index in [1.165, 1.54) is 13.2 Å². The fraction of sp³-hybridized carbons (Fsp3) is 0.167. The maximum absolute atomic E-state index is 12.5. The molecule has 0 saturated carbocycles. The number of aromatic amines is 1. The Kier molecular flexibility index (Phi) is 4.95. The normalized spacial score (nSPS) is 11.2. The SMILES string of the molecule is COc1ccc2cc(C(=O)Nc3ccc(OC)c(NS(C)(=O)=O)c3)[nH]c2c1. The monoisotopic (exact) mass is 389 g/mol. The van der Waals surface area contributed by atoms with Gasteiger partial charge in [-0.1, -0.05) is 0 Å². The summed E-state index contributed by atoms with van der Waals surface area (Å²) in [5.74, 6) is 0.666. The Labute approximate surface area is 156 Å². The van der Waals surface area contributed by atoms with E-state index in [0.29, 0.717) is 22.9 Å². The second-order valence-electron chi connectivity index (χ2n) is 5.88. The van der Waals surface area contributed by atoms with Crippen LogP contribution in [0.2, 0.25) is 0 Å². The maximum Gasteiger partial charge on any atom is 0.272 e. The molecule has 0 radical (unpaired) electrons. The molecule has 1 amide bonds. The Bertz CT molecular complexity index is 1110. The minimum atomic E-state index is -3.49. The third-order valence-corrected chi connectivity index (χ3v) is 4.42. The molecule has 0 unspecified atom stereocenters. The van der Waals surface area contributed by atoms with Gasteiger partial charge in [-0.15, -0.1) is 0 Å². The molecule has 1 heterocycles.